The predicted molar refractivity (Wildman–Crippen MR) is 72.0 cm³/mol. The molecule has 4 heteroatoms. The number of nitrogens with one attached hydrogen (secondary N) is 1. The van der Waals surface area contributed by atoms with Crippen molar-refractivity contribution in [3.63, 3.8) is 0 Å². The van der Waals surface area contributed by atoms with Gasteiger partial charge in [0.05, 0.1) is 5.75 Å². The maximum Gasteiger partial charge on any atom is 0.173 e. The molecule has 0 radical (unpaired) electrons. The maximum absolute atomic E-state index is 11.3. The smallest absolute Gasteiger partial charge is 0.173 e. The molecule has 2 aliphatic rings. The average Bonchev–Trinajstić information content (AvgIpc) is 2.92. The number of hydrogen-bond acceptors (Lipinski definition) is 3. The first kappa shape index (κ1) is 11.9. The van der Waals surface area contributed by atoms with Crippen LogP contribution in [0.15, 0.2) is 29.7 Å². The van der Waals surface area contributed by atoms with Crippen molar-refractivity contribution in [3.8, 4) is 0 Å². The van der Waals surface area contributed by atoms with Crippen LogP contribution >= 0.6 is 0 Å². The number of aryl methyl sites for hydroxylation is 2. The van der Waals surface area contributed by atoms with Crippen molar-refractivity contribution in [2.24, 2.45) is 0 Å². The summed E-state index contributed by atoms with van der Waals surface area (Å²) in [6.07, 6.45) is 5.38. The molecule has 0 fully saturated rings. The first-order valence-corrected chi connectivity index (χ1v) is 8.09. The third-order valence-corrected chi connectivity index (χ3v) is 5.06. The van der Waals surface area contributed by atoms with E-state index in [0.717, 1.165) is 6.54 Å². The van der Waals surface area contributed by atoms with Crippen LogP contribution in [0.4, 0.5) is 0 Å². The number of benzene rings is 1. The van der Waals surface area contributed by atoms with Crippen molar-refractivity contribution in [2.45, 2.75) is 31.8 Å². The van der Waals surface area contributed by atoms with Crippen LogP contribution in [0.2, 0.25) is 0 Å². The van der Waals surface area contributed by atoms with Crippen LogP contribution in [0, 0.1) is 0 Å². The second-order valence-corrected chi connectivity index (χ2v) is 7.03. The summed E-state index contributed by atoms with van der Waals surface area (Å²) in [4.78, 5) is 0. The van der Waals surface area contributed by atoms with Crippen LogP contribution in [0.25, 0.3) is 0 Å². The first-order valence-electron chi connectivity index (χ1n) is 6.37. The van der Waals surface area contributed by atoms with Gasteiger partial charge in [-0.25, -0.2) is 8.42 Å². The molecule has 1 aromatic rings. The molecule has 0 saturated carbocycles. The largest absolute Gasteiger partial charge is 0.305 e. The van der Waals surface area contributed by atoms with Crippen molar-refractivity contribution < 1.29 is 8.42 Å². The minimum atomic E-state index is -2.95. The molecule has 3 rings (SSSR count). The molecule has 1 N–H and O–H groups in total. The Labute approximate surface area is 108 Å². The summed E-state index contributed by atoms with van der Waals surface area (Å²) >= 11 is 0. The van der Waals surface area contributed by atoms with E-state index in [-0.39, 0.29) is 11.8 Å². The number of sulfone groups is 1. The Hall–Kier alpha value is -1.13. The third kappa shape index (κ3) is 2.49. The van der Waals surface area contributed by atoms with Gasteiger partial charge in [0.1, 0.15) is 0 Å². The summed E-state index contributed by atoms with van der Waals surface area (Å²) in [5, 5.41) is 4.59. The lowest BCUT2D eigenvalue weighted by Crippen LogP contribution is -2.29. The Morgan fingerprint density at radius 3 is 2.83 bits per heavy atom. The van der Waals surface area contributed by atoms with Crippen LogP contribution in [0.1, 0.15) is 23.1 Å². The van der Waals surface area contributed by atoms with Crippen LogP contribution in [-0.2, 0) is 29.2 Å². The first-order chi connectivity index (χ1) is 8.62. The molecule has 0 aromatic heterocycles. The van der Waals surface area contributed by atoms with Gasteiger partial charge in [0.15, 0.2) is 9.84 Å². The van der Waals surface area contributed by atoms with Gasteiger partial charge < -0.3 is 5.32 Å². The zero-order chi connectivity index (χ0) is 12.6. The van der Waals surface area contributed by atoms with Crippen LogP contribution < -0.4 is 5.32 Å². The van der Waals surface area contributed by atoms with E-state index in [4.69, 9.17) is 0 Å². The number of fused-ring (bicyclic) bond motifs is 1. The van der Waals surface area contributed by atoms with E-state index in [2.05, 4.69) is 23.5 Å². The highest BCUT2D eigenvalue weighted by molar-refractivity contribution is 7.94. The summed E-state index contributed by atoms with van der Waals surface area (Å²) in [6, 6.07) is 6.57. The summed E-state index contributed by atoms with van der Waals surface area (Å²) in [6.45, 7) is 0.734. The Balaban J connectivity index is 1.63. The monoisotopic (exact) mass is 263 g/mol. The van der Waals surface area contributed by atoms with Crippen LogP contribution in [-0.4, -0.2) is 20.2 Å². The highest BCUT2D eigenvalue weighted by Gasteiger charge is 2.21. The van der Waals surface area contributed by atoms with Crippen molar-refractivity contribution in [1.29, 1.82) is 0 Å². The van der Waals surface area contributed by atoms with E-state index in [1.807, 2.05) is 0 Å². The lowest BCUT2D eigenvalue weighted by molar-refractivity contribution is 0.590. The van der Waals surface area contributed by atoms with Gasteiger partial charge in [-0.15, -0.1) is 0 Å². The minimum Gasteiger partial charge on any atom is -0.305 e. The van der Waals surface area contributed by atoms with Gasteiger partial charge in [-0.2, -0.15) is 0 Å². The normalized spacial score (nSPS) is 24.3. The fourth-order valence-electron chi connectivity index (χ4n) is 2.69. The van der Waals surface area contributed by atoms with E-state index in [1.54, 1.807) is 6.08 Å². The Morgan fingerprint density at radius 1 is 1.22 bits per heavy atom. The molecule has 1 aliphatic heterocycles. The number of rotatable bonds is 3. The SMILES string of the molecule is O=S1(=O)C=CC(NCc2ccc3c(c2)CCC3)C1. The third-order valence-electron chi connectivity index (χ3n) is 3.66. The molecule has 1 aromatic carbocycles. The summed E-state index contributed by atoms with van der Waals surface area (Å²) in [5.74, 6) is 0.192. The zero-order valence-electron chi connectivity index (χ0n) is 10.2. The van der Waals surface area contributed by atoms with E-state index < -0.39 is 9.84 Å². The van der Waals surface area contributed by atoms with Gasteiger partial charge in [0.2, 0.25) is 0 Å². The molecule has 1 heterocycles. The molecular formula is C14H17NO2S. The molecular weight excluding hydrogens is 246 g/mol. The highest BCUT2D eigenvalue weighted by Crippen LogP contribution is 2.22. The lowest BCUT2D eigenvalue weighted by atomic mass is 10.1. The minimum absolute atomic E-state index is 0.0387. The molecule has 0 bridgehead atoms. The summed E-state index contributed by atoms with van der Waals surface area (Å²) in [5.41, 5.74) is 4.18. The van der Waals surface area contributed by atoms with Crippen molar-refractivity contribution >= 4 is 9.84 Å². The highest BCUT2D eigenvalue weighted by atomic mass is 32.2. The fraction of sp³-hybridized carbons (Fsp3) is 0.429. The van der Waals surface area contributed by atoms with Crippen molar-refractivity contribution in [1.82, 2.24) is 5.32 Å². The van der Waals surface area contributed by atoms with Crippen LogP contribution in [0.5, 0.6) is 0 Å². The molecule has 0 amide bonds. The summed E-state index contributed by atoms with van der Waals surface area (Å²) < 4.78 is 22.6. The predicted octanol–water partition coefficient (Wildman–Crippen LogP) is 1.58. The van der Waals surface area contributed by atoms with E-state index >= 15 is 0 Å². The average molecular weight is 263 g/mol. The van der Waals surface area contributed by atoms with Gasteiger partial charge in [-0.3, -0.25) is 0 Å². The topological polar surface area (TPSA) is 46.2 Å². The molecule has 1 aliphatic carbocycles. The Bertz CT molecular complexity index is 590. The molecule has 0 spiro atoms. The molecule has 0 saturated heterocycles. The Morgan fingerprint density at radius 2 is 2.06 bits per heavy atom. The van der Waals surface area contributed by atoms with Gasteiger partial charge in [0.25, 0.3) is 0 Å². The summed E-state index contributed by atoms with van der Waals surface area (Å²) in [7, 11) is -2.95. The fourth-order valence-corrected chi connectivity index (χ4v) is 3.96. The molecule has 3 nitrogen and oxygen atoms in total. The van der Waals surface area contributed by atoms with Gasteiger partial charge in [-0.1, -0.05) is 24.3 Å². The van der Waals surface area contributed by atoms with Crippen LogP contribution in [0.3, 0.4) is 0 Å². The lowest BCUT2D eigenvalue weighted by Gasteiger charge is -2.10. The van der Waals surface area contributed by atoms with E-state index in [0.29, 0.717) is 0 Å². The second kappa shape index (κ2) is 4.52. The molecule has 1 unspecified atom stereocenters. The zero-order valence-corrected chi connectivity index (χ0v) is 11.0. The Kier molecular flexibility index (Phi) is 2.99. The standard InChI is InChI=1S/C14H17NO2S/c16-18(17)7-6-14(10-18)15-9-11-4-5-12-2-1-3-13(12)8-11/h4-8,14-15H,1-3,9-10H2. The molecule has 1 atom stereocenters. The molecule has 18 heavy (non-hydrogen) atoms. The van der Waals surface area contributed by atoms with E-state index in [1.165, 1.54) is 41.4 Å². The van der Waals surface area contributed by atoms with Gasteiger partial charge in [0, 0.05) is 18.0 Å². The number of hydrogen-bond donors (Lipinski definition) is 1. The maximum atomic E-state index is 11.3. The molecule has 96 valence electrons. The van der Waals surface area contributed by atoms with Gasteiger partial charge >= 0.3 is 0 Å². The van der Waals surface area contributed by atoms with Crippen molar-refractivity contribution in [3.05, 3.63) is 46.4 Å². The van der Waals surface area contributed by atoms with Crippen molar-refractivity contribution in [2.75, 3.05) is 5.75 Å². The quantitative estimate of drug-likeness (QED) is 0.900. The van der Waals surface area contributed by atoms with Gasteiger partial charge in [-0.05, 0) is 36.0 Å². The van der Waals surface area contributed by atoms with E-state index in [9.17, 15) is 8.42 Å². The second-order valence-electron chi connectivity index (χ2n) is 5.10.